The van der Waals surface area contributed by atoms with Crippen molar-refractivity contribution < 1.29 is 0 Å². The zero-order valence-electron chi connectivity index (χ0n) is 10.2. The van der Waals surface area contributed by atoms with Crippen molar-refractivity contribution in [3.8, 4) is 11.9 Å². The monoisotopic (exact) mass is 390 g/mol. The van der Waals surface area contributed by atoms with Crippen LogP contribution in [-0.2, 0) is 6.42 Å². The molecule has 0 spiro atoms. The zero-order chi connectivity index (χ0) is 14.1. The lowest BCUT2D eigenvalue weighted by Crippen LogP contribution is -2.03. The first-order valence-electron chi connectivity index (χ1n) is 5.85. The van der Waals surface area contributed by atoms with Gasteiger partial charge in [-0.3, -0.25) is 4.57 Å². The van der Waals surface area contributed by atoms with Crippen LogP contribution in [0.3, 0.4) is 0 Å². The first kappa shape index (κ1) is 13.3. The summed E-state index contributed by atoms with van der Waals surface area (Å²) in [6.07, 6.45) is 1.96. The fourth-order valence-corrected chi connectivity index (χ4v) is 3.24. The molecule has 0 aliphatic rings. The number of hydrogen-bond acceptors (Lipinski definition) is 3. The minimum atomic E-state index is 0.235. The maximum absolute atomic E-state index is 8.99. The number of rotatable bonds is 2. The van der Waals surface area contributed by atoms with Crippen LogP contribution in [0.2, 0.25) is 0 Å². The van der Waals surface area contributed by atoms with Crippen molar-refractivity contribution >= 4 is 42.9 Å². The molecule has 20 heavy (non-hydrogen) atoms. The standard InChI is InChI=1S/C14H8Br2N4/c15-9-7-10(16)14(18-8-9)20-12-4-2-1-3-11(12)19-13(20)5-6-17/h1-4,7-8H,5H2. The number of imidazole rings is 1. The van der Waals surface area contributed by atoms with Crippen molar-refractivity contribution in [3.05, 3.63) is 51.3 Å². The summed E-state index contributed by atoms with van der Waals surface area (Å²) in [6.45, 7) is 0. The summed E-state index contributed by atoms with van der Waals surface area (Å²) in [6, 6.07) is 11.9. The summed E-state index contributed by atoms with van der Waals surface area (Å²) in [7, 11) is 0. The second kappa shape index (κ2) is 5.35. The van der Waals surface area contributed by atoms with E-state index in [0.29, 0.717) is 5.82 Å². The van der Waals surface area contributed by atoms with Crippen molar-refractivity contribution in [1.82, 2.24) is 14.5 Å². The van der Waals surface area contributed by atoms with Gasteiger partial charge in [0, 0.05) is 10.7 Å². The Kier molecular flexibility index (Phi) is 3.55. The Morgan fingerprint density at radius 2 is 2.05 bits per heavy atom. The summed E-state index contributed by atoms with van der Waals surface area (Å²) >= 11 is 6.90. The second-order valence-electron chi connectivity index (χ2n) is 4.15. The van der Waals surface area contributed by atoms with E-state index in [1.807, 2.05) is 34.9 Å². The Morgan fingerprint density at radius 1 is 1.25 bits per heavy atom. The predicted molar refractivity (Wildman–Crippen MR) is 83.6 cm³/mol. The van der Waals surface area contributed by atoms with Gasteiger partial charge in [-0.15, -0.1) is 0 Å². The minimum Gasteiger partial charge on any atom is -0.278 e. The molecular weight excluding hydrogens is 384 g/mol. The minimum absolute atomic E-state index is 0.235. The molecule has 1 aromatic carbocycles. The molecule has 0 atom stereocenters. The first-order chi connectivity index (χ1) is 9.70. The quantitative estimate of drug-likeness (QED) is 0.663. The van der Waals surface area contributed by atoms with Gasteiger partial charge in [0.05, 0.1) is 28.0 Å². The molecule has 0 radical (unpaired) electrons. The number of pyridine rings is 1. The van der Waals surface area contributed by atoms with Gasteiger partial charge in [-0.25, -0.2) is 9.97 Å². The van der Waals surface area contributed by atoms with Crippen LogP contribution < -0.4 is 0 Å². The Morgan fingerprint density at radius 3 is 2.80 bits per heavy atom. The van der Waals surface area contributed by atoms with E-state index in [1.54, 1.807) is 6.20 Å². The van der Waals surface area contributed by atoms with Crippen molar-refractivity contribution in [1.29, 1.82) is 5.26 Å². The predicted octanol–water partition coefficient (Wildman–Crippen LogP) is 4.01. The number of benzene rings is 1. The summed E-state index contributed by atoms with van der Waals surface area (Å²) in [5.74, 6) is 1.41. The lowest BCUT2D eigenvalue weighted by molar-refractivity contribution is 0.915. The molecule has 0 bridgehead atoms. The van der Waals surface area contributed by atoms with Crippen molar-refractivity contribution in [2.24, 2.45) is 0 Å². The molecule has 0 saturated carbocycles. The molecule has 4 nitrogen and oxygen atoms in total. The largest absolute Gasteiger partial charge is 0.278 e. The van der Waals surface area contributed by atoms with Crippen LogP contribution in [0.5, 0.6) is 0 Å². The maximum Gasteiger partial charge on any atom is 0.152 e. The van der Waals surface area contributed by atoms with Gasteiger partial charge in [-0.05, 0) is 50.1 Å². The molecule has 3 rings (SSSR count). The third-order valence-corrected chi connectivity index (χ3v) is 3.88. The van der Waals surface area contributed by atoms with Crippen molar-refractivity contribution in [2.45, 2.75) is 6.42 Å². The van der Waals surface area contributed by atoms with Crippen molar-refractivity contribution in [2.75, 3.05) is 0 Å². The average Bonchev–Trinajstić information content (AvgIpc) is 2.78. The van der Waals surface area contributed by atoms with Gasteiger partial charge in [-0.2, -0.15) is 5.26 Å². The third-order valence-electron chi connectivity index (χ3n) is 2.87. The Hall–Kier alpha value is -1.71. The van der Waals surface area contributed by atoms with E-state index < -0.39 is 0 Å². The Bertz CT molecular complexity index is 833. The number of para-hydroxylation sites is 2. The van der Waals surface area contributed by atoms with E-state index in [9.17, 15) is 0 Å². The highest BCUT2D eigenvalue weighted by atomic mass is 79.9. The van der Waals surface area contributed by atoms with E-state index in [2.05, 4.69) is 47.9 Å². The topological polar surface area (TPSA) is 54.5 Å². The maximum atomic E-state index is 8.99. The van der Waals surface area contributed by atoms with Crippen LogP contribution in [0.1, 0.15) is 5.82 Å². The number of hydrogen-bond donors (Lipinski definition) is 0. The molecule has 3 aromatic rings. The van der Waals surface area contributed by atoms with E-state index >= 15 is 0 Å². The van der Waals surface area contributed by atoms with Gasteiger partial charge in [0.25, 0.3) is 0 Å². The SMILES string of the molecule is N#CCc1nc2ccccc2n1-c1ncc(Br)cc1Br. The number of nitriles is 1. The third kappa shape index (κ3) is 2.23. The van der Waals surface area contributed by atoms with E-state index in [-0.39, 0.29) is 6.42 Å². The molecule has 0 unspecified atom stereocenters. The lowest BCUT2D eigenvalue weighted by Gasteiger charge is -2.09. The van der Waals surface area contributed by atoms with Crippen LogP contribution in [0.15, 0.2) is 45.5 Å². The number of fused-ring (bicyclic) bond motifs is 1. The van der Waals surface area contributed by atoms with Crippen LogP contribution in [0.25, 0.3) is 16.9 Å². The molecule has 98 valence electrons. The first-order valence-corrected chi connectivity index (χ1v) is 7.44. The van der Waals surface area contributed by atoms with Crippen molar-refractivity contribution in [3.63, 3.8) is 0 Å². The molecule has 0 fully saturated rings. The Balaban J connectivity index is 2.33. The summed E-state index contributed by atoms with van der Waals surface area (Å²) in [5.41, 5.74) is 1.79. The highest BCUT2D eigenvalue weighted by molar-refractivity contribution is 9.11. The van der Waals surface area contributed by atoms with Gasteiger partial charge in [0.2, 0.25) is 0 Å². The van der Waals surface area contributed by atoms with Gasteiger partial charge >= 0.3 is 0 Å². The van der Waals surface area contributed by atoms with Gasteiger partial charge in [0.15, 0.2) is 5.82 Å². The van der Waals surface area contributed by atoms with E-state index in [4.69, 9.17) is 5.26 Å². The van der Waals surface area contributed by atoms with Gasteiger partial charge < -0.3 is 0 Å². The molecule has 0 N–H and O–H groups in total. The fourth-order valence-electron chi connectivity index (χ4n) is 2.07. The summed E-state index contributed by atoms with van der Waals surface area (Å²) in [4.78, 5) is 8.94. The normalized spacial score (nSPS) is 10.7. The fraction of sp³-hybridized carbons (Fsp3) is 0.0714. The molecule has 0 saturated heterocycles. The molecule has 0 aliphatic heterocycles. The molecule has 2 aromatic heterocycles. The highest BCUT2D eigenvalue weighted by Gasteiger charge is 2.15. The molecule has 0 aliphatic carbocycles. The molecule has 0 amide bonds. The number of halogens is 2. The van der Waals surface area contributed by atoms with Crippen LogP contribution in [0, 0.1) is 11.3 Å². The smallest absolute Gasteiger partial charge is 0.152 e. The summed E-state index contributed by atoms with van der Waals surface area (Å²) in [5, 5.41) is 8.99. The molecule has 2 heterocycles. The number of nitrogens with zero attached hydrogens (tertiary/aromatic N) is 4. The average molecular weight is 392 g/mol. The van der Waals surface area contributed by atoms with Crippen LogP contribution >= 0.6 is 31.9 Å². The van der Waals surface area contributed by atoms with Gasteiger partial charge in [0.1, 0.15) is 5.82 Å². The van der Waals surface area contributed by atoms with Crippen LogP contribution in [0.4, 0.5) is 0 Å². The lowest BCUT2D eigenvalue weighted by atomic mass is 10.3. The zero-order valence-corrected chi connectivity index (χ0v) is 13.4. The van der Waals surface area contributed by atoms with Gasteiger partial charge in [-0.1, -0.05) is 12.1 Å². The van der Waals surface area contributed by atoms with E-state index in [1.165, 1.54) is 0 Å². The Labute approximate surface area is 132 Å². The van der Waals surface area contributed by atoms with E-state index in [0.717, 1.165) is 25.8 Å². The molecular formula is C14H8Br2N4. The second-order valence-corrected chi connectivity index (χ2v) is 5.92. The molecule has 6 heteroatoms. The number of aromatic nitrogens is 3. The van der Waals surface area contributed by atoms with Crippen LogP contribution in [-0.4, -0.2) is 14.5 Å². The highest BCUT2D eigenvalue weighted by Crippen LogP contribution is 2.27. The summed E-state index contributed by atoms with van der Waals surface area (Å²) < 4.78 is 3.64.